The molecule has 1 N–H and O–H groups in total. The molecule has 2 unspecified atom stereocenters. The molecule has 0 bridgehead atoms. The summed E-state index contributed by atoms with van der Waals surface area (Å²) in [4.78, 5) is 0. The molecule has 94 valence electrons. The first-order valence-corrected chi connectivity index (χ1v) is 8.20. The second-order valence-corrected chi connectivity index (χ2v) is 6.57. The van der Waals surface area contributed by atoms with Crippen LogP contribution in [0.25, 0.3) is 0 Å². The van der Waals surface area contributed by atoms with Crippen molar-refractivity contribution in [2.24, 2.45) is 0 Å². The SMILES string of the molecule is CCNC(c1ccc(F)cc1)C1CSCCS1. The third kappa shape index (κ3) is 3.63. The first-order chi connectivity index (χ1) is 8.31. The van der Waals surface area contributed by atoms with Crippen LogP contribution in [-0.2, 0) is 0 Å². The molecule has 1 aliphatic rings. The van der Waals surface area contributed by atoms with Crippen molar-refractivity contribution in [1.82, 2.24) is 5.32 Å². The molecule has 17 heavy (non-hydrogen) atoms. The molecule has 0 aromatic heterocycles. The molecule has 0 amide bonds. The fourth-order valence-electron chi connectivity index (χ4n) is 2.05. The lowest BCUT2D eigenvalue weighted by atomic mass is 10.0. The topological polar surface area (TPSA) is 12.0 Å². The lowest BCUT2D eigenvalue weighted by molar-refractivity contribution is 0.548. The minimum Gasteiger partial charge on any atom is -0.309 e. The summed E-state index contributed by atoms with van der Waals surface area (Å²) in [5.74, 6) is 3.50. The van der Waals surface area contributed by atoms with Crippen LogP contribution in [0.4, 0.5) is 4.39 Å². The van der Waals surface area contributed by atoms with Crippen LogP contribution in [0.2, 0.25) is 0 Å². The molecule has 2 rings (SSSR count). The number of hydrogen-bond acceptors (Lipinski definition) is 3. The summed E-state index contributed by atoms with van der Waals surface area (Å²) in [5.41, 5.74) is 1.20. The summed E-state index contributed by atoms with van der Waals surface area (Å²) in [6.45, 7) is 3.07. The molecule has 1 heterocycles. The maximum absolute atomic E-state index is 12.9. The molecule has 2 atom stereocenters. The Morgan fingerprint density at radius 3 is 2.71 bits per heavy atom. The highest BCUT2D eigenvalue weighted by atomic mass is 32.2. The molecule has 1 saturated heterocycles. The van der Waals surface area contributed by atoms with Gasteiger partial charge in [-0.25, -0.2) is 4.39 Å². The average Bonchev–Trinajstić information content (AvgIpc) is 2.38. The molecule has 0 spiro atoms. The highest BCUT2D eigenvalue weighted by Gasteiger charge is 2.25. The van der Waals surface area contributed by atoms with Crippen molar-refractivity contribution in [2.45, 2.75) is 18.2 Å². The van der Waals surface area contributed by atoms with Crippen LogP contribution in [0.5, 0.6) is 0 Å². The largest absolute Gasteiger partial charge is 0.309 e. The van der Waals surface area contributed by atoms with E-state index in [0.717, 1.165) is 6.54 Å². The Balaban J connectivity index is 2.12. The normalized spacial score (nSPS) is 22.4. The van der Waals surface area contributed by atoms with E-state index in [4.69, 9.17) is 0 Å². The molecule has 0 saturated carbocycles. The third-order valence-corrected chi connectivity index (χ3v) is 5.73. The Morgan fingerprint density at radius 1 is 1.35 bits per heavy atom. The number of rotatable bonds is 4. The van der Waals surface area contributed by atoms with E-state index >= 15 is 0 Å². The quantitative estimate of drug-likeness (QED) is 0.902. The number of hydrogen-bond donors (Lipinski definition) is 1. The van der Waals surface area contributed by atoms with E-state index in [2.05, 4.69) is 12.2 Å². The molecular weight excluding hydrogens is 253 g/mol. The van der Waals surface area contributed by atoms with Crippen LogP contribution >= 0.6 is 23.5 Å². The van der Waals surface area contributed by atoms with Gasteiger partial charge < -0.3 is 5.32 Å². The summed E-state index contributed by atoms with van der Waals surface area (Å²) in [6.07, 6.45) is 0. The fraction of sp³-hybridized carbons (Fsp3) is 0.538. The molecule has 0 radical (unpaired) electrons. The predicted octanol–water partition coefficient (Wildman–Crippen LogP) is 3.32. The van der Waals surface area contributed by atoms with Crippen LogP contribution in [0.1, 0.15) is 18.5 Å². The van der Waals surface area contributed by atoms with Crippen LogP contribution < -0.4 is 5.32 Å². The predicted molar refractivity (Wildman–Crippen MR) is 76.4 cm³/mol. The standard InChI is InChI=1S/C13H18FNS2/c1-2-15-13(12-9-16-7-8-17-12)10-3-5-11(14)6-4-10/h3-6,12-13,15H,2,7-9H2,1H3. The van der Waals surface area contributed by atoms with Crippen molar-refractivity contribution in [3.8, 4) is 0 Å². The van der Waals surface area contributed by atoms with Crippen molar-refractivity contribution < 1.29 is 4.39 Å². The Bertz CT molecular complexity index is 336. The molecule has 1 fully saturated rings. The number of benzene rings is 1. The fourth-order valence-corrected chi connectivity index (χ4v) is 4.92. The van der Waals surface area contributed by atoms with Gasteiger partial charge in [0.05, 0.1) is 0 Å². The van der Waals surface area contributed by atoms with Crippen LogP contribution in [0.3, 0.4) is 0 Å². The molecule has 1 aliphatic heterocycles. The molecule has 1 nitrogen and oxygen atoms in total. The van der Waals surface area contributed by atoms with Gasteiger partial charge in [0.2, 0.25) is 0 Å². The van der Waals surface area contributed by atoms with Crippen molar-refractivity contribution >= 4 is 23.5 Å². The minimum absolute atomic E-state index is 0.158. The summed E-state index contributed by atoms with van der Waals surface area (Å²) in [6, 6.07) is 7.27. The Kier molecular flexibility index (Phi) is 5.19. The third-order valence-electron chi connectivity index (χ3n) is 2.87. The first-order valence-electron chi connectivity index (χ1n) is 5.99. The zero-order valence-electron chi connectivity index (χ0n) is 9.99. The van der Waals surface area contributed by atoms with Crippen LogP contribution in [0.15, 0.2) is 24.3 Å². The van der Waals surface area contributed by atoms with E-state index in [9.17, 15) is 4.39 Å². The van der Waals surface area contributed by atoms with Gasteiger partial charge in [-0.3, -0.25) is 0 Å². The Labute approximate surface area is 111 Å². The lowest BCUT2D eigenvalue weighted by Crippen LogP contribution is -2.33. The summed E-state index contributed by atoms with van der Waals surface area (Å²) >= 11 is 4.05. The maximum Gasteiger partial charge on any atom is 0.123 e. The van der Waals surface area contributed by atoms with Gasteiger partial charge in [0, 0.05) is 28.6 Å². The maximum atomic E-state index is 12.9. The van der Waals surface area contributed by atoms with E-state index in [0.29, 0.717) is 11.3 Å². The average molecular weight is 271 g/mol. The molecule has 4 heteroatoms. The smallest absolute Gasteiger partial charge is 0.123 e. The molecule has 1 aromatic rings. The second kappa shape index (κ2) is 6.66. The van der Waals surface area contributed by atoms with Gasteiger partial charge in [-0.2, -0.15) is 23.5 Å². The second-order valence-electron chi connectivity index (χ2n) is 4.07. The first kappa shape index (κ1) is 13.2. The number of halogens is 1. The minimum atomic E-state index is -0.158. The highest BCUT2D eigenvalue weighted by Crippen LogP contribution is 2.33. The number of nitrogens with one attached hydrogen (secondary N) is 1. The van der Waals surface area contributed by atoms with Gasteiger partial charge in [0.1, 0.15) is 5.82 Å². The van der Waals surface area contributed by atoms with Gasteiger partial charge in [0.15, 0.2) is 0 Å². The van der Waals surface area contributed by atoms with Crippen molar-refractivity contribution in [2.75, 3.05) is 23.8 Å². The molecular formula is C13H18FNS2. The van der Waals surface area contributed by atoms with E-state index in [-0.39, 0.29) is 5.82 Å². The van der Waals surface area contributed by atoms with Gasteiger partial charge in [0.25, 0.3) is 0 Å². The Morgan fingerprint density at radius 2 is 2.12 bits per heavy atom. The van der Waals surface area contributed by atoms with E-state index in [1.807, 2.05) is 35.7 Å². The summed E-state index contributed by atoms with van der Waals surface area (Å²) < 4.78 is 12.9. The van der Waals surface area contributed by atoms with Gasteiger partial charge in [-0.15, -0.1) is 0 Å². The van der Waals surface area contributed by atoms with Crippen molar-refractivity contribution in [3.05, 3.63) is 35.6 Å². The summed E-state index contributed by atoms with van der Waals surface area (Å²) in [5, 5.41) is 4.13. The molecule has 1 aromatic carbocycles. The van der Waals surface area contributed by atoms with Gasteiger partial charge >= 0.3 is 0 Å². The lowest BCUT2D eigenvalue weighted by Gasteiger charge is -2.30. The zero-order valence-corrected chi connectivity index (χ0v) is 11.6. The molecule has 0 aliphatic carbocycles. The van der Waals surface area contributed by atoms with E-state index in [1.165, 1.54) is 22.8 Å². The van der Waals surface area contributed by atoms with Crippen LogP contribution in [0, 0.1) is 5.82 Å². The monoisotopic (exact) mass is 271 g/mol. The van der Waals surface area contributed by atoms with E-state index in [1.54, 1.807) is 12.1 Å². The van der Waals surface area contributed by atoms with Gasteiger partial charge in [-0.1, -0.05) is 19.1 Å². The van der Waals surface area contributed by atoms with Crippen LogP contribution in [-0.4, -0.2) is 29.1 Å². The van der Waals surface area contributed by atoms with Gasteiger partial charge in [-0.05, 0) is 24.2 Å². The summed E-state index contributed by atoms with van der Waals surface area (Å²) in [7, 11) is 0. The highest BCUT2D eigenvalue weighted by molar-refractivity contribution is 8.06. The van der Waals surface area contributed by atoms with Crippen molar-refractivity contribution in [3.63, 3.8) is 0 Å². The zero-order chi connectivity index (χ0) is 12.1. The van der Waals surface area contributed by atoms with E-state index < -0.39 is 0 Å². The Hall–Kier alpha value is -0.190. The van der Waals surface area contributed by atoms with Crippen molar-refractivity contribution in [1.29, 1.82) is 0 Å². The number of thioether (sulfide) groups is 2.